The SMILES string of the molecule is CC(C)(C)OC(=O)N=C(N)N(C(=O)OC(C)(C)C)C1CCN(S(=O)(=O)c2cccc3cncc(Br)c23)C1. The van der Waals surface area contributed by atoms with Gasteiger partial charge in [0.2, 0.25) is 16.0 Å². The highest BCUT2D eigenvalue weighted by atomic mass is 79.9. The van der Waals surface area contributed by atoms with Crippen LogP contribution in [0.3, 0.4) is 0 Å². The van der Waals surface area contributed by atoms with E-state index in [1.807, 2.05) is 0 Å². The van der Waals surface area contributed by atoms with Crippen LogP contribution >= 0.6 is 15.9 Å². The number of pyridine rings is 1. The number of rotatable bonds is 3. The molecule has 0 bridgehead atoms. The number of nitrogens with zero attached hydrogens (tertiary/aromatic N) is 4. The Labute approximate surface area is 225 Å². The molecule has 0 saturated carbocycles. The van der Waals surface area contributed by atoms with Gasteiger partial charge < -0.3 is 15.2 Å². The largest absolute Gasteiger partial charge is 0.443 e. The maximum atomic E-state index is 13.7. The van der Waals surface area contributed by atoms with Crippen molar-refractivity contribution in [1.29, 1.82) is 0 Å². The zero-order valence-corrected chi connectivity index (χ0v) is 24.1. The van der Waals surface area contributed by atoms with Crippen LogP contribution in [0, 0.1) is 0 Å². The first kappa shape index (κ1) is 28.8. The highest BCUT2D eigenvalue weighted by Gasteiger charge is 2.41. The Kier molecular flexibility index (Phi) is 8.20. The van der Waals surface area contributed by atoms with Crippen LogP contribution in [0.25, 0.3) is 10.8 Å². The molecule has 1 aliphatic heterocycles. The lowest BCUT2D eigenvalue weighted by molar-refractivity contribution is 0.0315. The van der Waals surface area contributed by atoms with E-state index in [0.717, 1.165) is 4.90 Å². The predicted octanol–water partition coefficient (Wildman–Crippen LogP) is 4.25. The van der Waals surface area contributed by atoms with E-state index in [-0.39, 0.29) is 24.4 Å². The van der Waals surface area contributed by atoms with E-state index in [4.69, 9.17) is 15.2 Å². The molecule has 1 aromatic heterocycles. The van der Waals surface area contributed by atoms with Gasteiger partial charge in [0.05, 0.1) is 10.9 Å². The number of fused-ring (bicyclic) bond motifs is 1. The predicted molar refractivity (Wildman–Crippen MR) is 143 cm³/mol. The second-order valence-corrected chi connectivity index (χ2v) is 13.3. The molecule has 0 spiro atoms. The van der Waals surface area contributed by atoms with Crippen LogP contribution in [-0.4, -0.2) is 71.1 Å². The van der Waals surface area contributed by atoms with Crippen LogP contribution in [0.5, 0.6) is 0 Å². The van der Waals surface area contributed by atoms with Crippen molar-refractivity contribution in [2.75, 3.05) is 13.1 Å². The molecule has 2 heterocycles. The van der Waals surface area contributed by atoms with Gasteiger partial charge in [-0.1, -0.05) is 12.1 Å². The van der Waals surface area contributed by atoms with Crippen LogP contribution in [-0.2, 0) is 19.5 Å². The summed E-state index contributed by atoms with van der Waals surface area (Å²) in [6.45, 7) is 10.1. The third-order valence-electron chi connectivity index (χ3n) is 5.24. The Hall–Kier alpha value is -2.77. The van der Waals surface area contributed by atoms with Crippen molar-refractivity contribution in [2.45, 2.75) is 70.1 Å². The fourth-order valence-electron chi connectivity index (χ4n) is 3.83. The maximum Gasteiger partial charge on any atom is 0.437 e. The summed E-state index contributed by atoms with van der Waals surface area (Å²) in [7, 11) is -3.96. The topological polar surface area (TPSA) is 144 Å². The minimum Gasteiger partial charge on any atom is -0.443 e. The summed E-state index contributed by atoms with van der Waals surface area (Å²) < 4.78 is 39.9. The van der Waals surface area contributed by atoms with E-state index < -0.39 is 45.4 Å². The Morgan fingerprint density at radius 1 is 1.14 bits per heavy atom. The number of carbonyl (C=O) groups excluding carboxylic acids is 2. The molecular weight excluding hydrogens is 566 g/mol. The van der Waals surface area contributed by atoms with Crippen molar-refractivity contribution >= 4 is 54.9 Å². The smallest absolute Gasteiger partial charge is 0.437 e. The molecule has 13 heteroatoms. The number of hydrogen-bond acceptors (Lipinski definition) is 7. The lowest BCUT2D eigenvalue weighted by Crippen LogP contribution is -2.51. The fraction of sp³-hybridized carbons (Fsp3) is 0.500. The molecule has 2 amide bonds. The number of amides is 2. The van der Waals surface area contributed by atoms with Gasteiger partial charge in [-0.15, -0.1) is 4.99 Å². The molecule has 0 radical (unpaired) electrons. The molecule has 11 nitrogen and oxygen atoms in total. The number of benzene rings is 1. The van der Waals surface area contributed by atoms with Crippen molar-refractivity contribution in [3.8, 4) is 0 Å². The Balaban J connectivity index is 1.94. The number of carbonyl (C=O) groups is 2. The minimum atomic E-state index is -3.96. The first-order valence-electron chi connectivity index (χ1n) is 11.6. The summed E-state index contributed by atoms with van der Waals surface area (Å²) in [5, 5.41) is 1.17. The Morgan fingerprint density at radius 2 is 1.78 bits per heavy atom. The lowest BCUT2D eigenvalue weighted by atomic mass is 10.2. The molecule has 1 aliphatic rings. The second-order valence-electron chi connectivity index (χ2n) is 10.6. The maximum absolute atomic E-state index is 13.7. The summed E-state index contributed by atoms with van der Waals surface area (Å²) in [6.07, 6.45) is 1.54. The van der Waals surface area contributed by atoms with Gasteiger partial charge >= 0.3 is 12.2 Å². The average Bonchev–Trinajstić information content (AvgIpc) is 3.21. The van der Waals surface area contributed by atoms with E-state index >= 15 is 0 Å². The molecule has 3 rings (SSSR count). The summed E-state index contributed by atoms with van der Waals surface area (Å²) >= 11 is 3.40. The summed E-state index contributed by atoms with van der Waals surface area (Å²) in [4.78, 5) is 34.4. The number of halogens is 1. The molecule has 37 heavy (non-hydrogen) atoms. The van der Waals surface area contributed by atoms with Gasteiger partial charge in [-0.3, -0.25) is 4.98 Å². The Morgan fingerprint density at radius 3 is 2.41 bits per heavy atom. The van der Waals surface area contributed by atoms with Crippen molar-refractivity contribution in [3.63, 3.8) is 0 Å². The van der Waals surface area contributed by atoms with Crippen LogP contribution in [0.2, 0.25) is 0 Å². The lowest BCUT2D eigenvalue weighted by Gasteiger charge is -2.30. The van der Waals surface area contributed by atoms with Crippen molar-refractivity contribution in [3.05, 3.63) is 35.1 Å². The van der Waals surface area contributed by atoms with Gasteiger partial charge in [-0.05, 0) is 70.0 Å². The van der Waals surface area contributed by atoms with Gasteiger partial charge in [0.1, 0.15) is 11.2 Å². The number of ether oxygens (including phenoxy) is 2. The fourth-order valence-corrected chi connectivity index (χ4v) is 6.25. The zero-order chi connectivity index (χ0) is 27.8. The molecule has 0 aliphatic carbocycles. The molecule has 1 saturated heterocycles. The van der Waals surface area contributed by atoms with Gasteiger partial charge in [0.15, 0.2) is 0 Å². The van der Waals surface area contributed by atoms with Gasteiger partial charge in [-0.2, -0.15) is 4.31 Å². The first-order valence-corrected chi connectivity index (χ1v) is 13.8. The Bertz CT molecular complexity index is 1330. The molecule has 2 aromatic rings. The minimum absolute atomic E-state index is 0.0782. The van der Waals surface area contributed by atoms with Crippen molar-refractivity contribution in [1.82, 2.24) is 14.2 Å². The van der Waals surface area contributed by atoms with E-state index in [1.54, 1.807) is 59.9 Å². The summed E-state index contributed by atoms with van der Waals surface area (Å²) in [5.41, 5.74) is 4.40. The molecular formula is C24H32BrN5O6S. The number of aromatic nitrogens is 1. The number of guanidine groups is 1. The second kappa shape index (κ2) is 10.5. The van der Waals surface area contributed by atoms with Crippen LogP contribution in [0.15, 0.2) is 45.0 Å². The molecule has 2 N–H and O–H groups in total. The van der Waals surface area contributed by atoms with Gasteiger partial charge in [0.25, 0.3) is 0 Å². The normalized spacial score (nSPS) is 17.6. The molecule has 1 aromatic carbocycles. The van der Waals surface area contributed by atoms with Gasteiger partial charge in [0, 0.05) is 40.7 Å². The quantitative estimate of drug-likeness (QED) is 0.408. The van der Waals surface area contributed by atoms with Crippen molar-refractivity contribution < 1.29 is 27.5 Å². The monoisotopic (exact) mass is 597 g/mol. The molecule has 1 fully saturated rings. The van der Waals surface area contributed by atoms with E-state index in [1.165, 1.54) is 16.6 Å². The standard InChI is InChI=1S/C24H32BrN5O6S/c1-23(2,3)35-21(31)28-20(26)30(22(32)36-24(4,5)6)16-10-11-29(14-16)37(33,34)18-9-7-8-15-12-27-13-17(25)19(15)18/h7-9,12-13,16H,10-11,14H2,1-6H3,(H2,26,28,31). The highest BCUT2D eigenvalue weighted by molar-refractivity contribution is 9.10. The van der Waals surface area contributed by atoms with E-state index in [2.05, 4.69) is 25.9 Å². The van der Waals surface area contributed by atoms with Crippen LogP contribution < -0.4 is 5.73 Å². The number of hydrogen-bond donors (Lipinski definition) is 1. The zero-order valence-electron chi connectivity index (χ0n) is 21.7. The van der Waals surface area contributed by atoms with Gasteiger partial charge in [-0.25, -0.2) is 22.9 Å². The number of sulfonamides is 1. The molecule has 1 unspecified atom stereocenters. The van der Waals surface area contributed by atoms with Crippen molar-refractivity contribution in [2.24, 2.45) is 10.7 Å². The highest BCUT2D eigenvalue weighted by Crippen LogP contribution is 2.33. The summed E-state index contributed by atoms with van der Waals surface area (Å²) in [6, 6.07) is 4.22. The molecule has 202 valence electrons. The summed E-state index contributed by atoms with van der Waals surface area (Å²) in [5.74, 6) is -0.438. The molecule has 1 atom stereocenters. The third-order valence-corrected chi connectivity index (χ3v) is 7.75. The number of aliphatic imine (C=N–C) groups is 1. The van der Waals surface area contributed by atoms with E-state index in [9.17, 15) is 18.0 Å². The van der Waals surface area contributed by atoms with Crippen LogP contribution in [0.4, 0.5) is 9.59 Å². The average molecular weight is 599 g/mol. The third kappa shape index (κ3) is 6.96. The first-order chi connectivity index (χ1) is 17.0. The van der Waals surface area contributed by atoms with Crippen LogP contribution in [0.1, 0.15) is 48.0 Å². The number of nitrogens with two attached hydrogens (primary N) is 1. The van der Waals surface area contributed by atoms with E-state index in [0.29, 0.717) is 15.2 Å².